The van der Waals surface area contributed by atoms with Gasteiger partial charge in [-0.2, -0.15) is 0 Å². The van der Waals surface area contributed by atoms with E-state index in [0.717, 1.165) is 23.6 Å². The van der Waals surface area contributed by atoms with E-state index in [1.165, 1.54) is 12.1 Å². The van der Waals surface area contributed by atoms with Gasteiger partial charge in [0.25, 0.3) is 0 Å². The Morgan fingerprint density at radius 2 is 1.92 bits per heavy atom. The van der Waals surface area contributed by atoms with Crippen LogP contribution in [0.25, 0.3) is 0 Å². The Morgan fingerprint density at radius 1 is 1.20 bits per heavy atom. The molecular formula is C17H22FN3O3S. The smallest absolute Gasteiger partial charge is 0.213 e. The number of nitrogens with zero attached hydrogens (tertiary/aromatic N) is 1. The highest BCUT2D eigenvalue weighted by Gasteiger charge is 2.10. The van der Waals surface area contributed by atoms with Gasteiger partial charge in [-0.15, -0.1) is 0 Å². The first-order valence-corrected chi connectivity index (χ1v) is 9.74. The van der Waals surface area contributed by atoms with E-state index in [1.54, 1.807) is 6.92 Å². The maximum atomic E-state index is 12.7. The Morgan fingerprint density at radius 3 is 2.52 bits per heavy atom. The van der Waals surface area contributed by atoms with Crippen LogP contribution in [0.3, 0.4) is 0 Å². The van der Waals surface area contributed by atoms with E-state index in [0.29, 0.717) is 25.6 Å². The third kappa shape index (κ3) is 7.16. The Labute approximate surface area is 147 Å². The molecule has 25 heavy (non-hydrogen) atoms. The second kappa shape index (κ2) is 8.89. The zero-order valence-electron chi connectivity index (χ0n) is 14.2. The second-order valence-electron chi connectivity index (χ2n) is 5.69. The van der Waals surface area contributed by atoms with Crippen LogP contribution < -0.4 is 14.8 Å². The number of ether oxygens (including phenoxy) is 1. The van der Waals surface area contributed by atoms with Gasteiger partial charge in [-0.25, -0.2) is 22.5 Å². The number of pyridine rings is 1. The number of nitrogens with one attached hydrogen (secondary N) is 2. The maximum absolute atomic E-state index is 12.7. The highest BCUT2D eigenvalue weighted by molar-refractivity contribution is 7.88. The molecule has 1 atom stereocenters. The van der Waals surface area contributed by atoms with Crippen molar-refractivity contribution in [3.63, 3.8) is 0 Å². The van der Waals surface area contributed by atoms with Crippen molar-refractivity contribution in [1.82, 2.24) is 15.0 Å². The summed E-state index contributed by atoms with van der Waals surface area (Å²) in [5, 5.41) is 3.23. The van der Waals surface area contributed by atoms with Crippen LogP contribution in [0.4, 0.5) is 4.39 Å². The summed E-state index contributed by atoms with van der Waals surface area (Å²) in [6.07, 6.45) is 2.26. The largest absolute Gasteiger partial charge is 0.476 e. The molecule has 0 radical (unpaired) electrons. The summed E-state index contributed by atoms with van der Waals surface area (Å²) < 4.78 is 43.1. The summed E-state index contributed by atoms with van der Waals surface area (Å²) >= 11 is 0. The zero-order valence-corrected chi connectivity index (χ0v) is 15.0. The number of aromatic nitrogens is 1. The summed E-state index contributed by atoms with van der Waals surface area (Å²) in [5.41, 5.74) is 1.98. The van der Waals surface area contributed by atoms with Crippen LogP contribution in [0.2, 0.25) is 0 Å². The second-order valence-corrected chi connectivity index (χ2v) is 7.47. The topological polar surface area (TPSA) is 80.3 Å². The van der Waals surface area contributed by atoms with Crippen LogP contribution in [0, 0.1) is 5.82 Å². The number of hydrogen-bond acceptors (Lipinski definition) is 5. The van der Waals surface area contributed by atoms with Crippen LogP contribution in [0.1, 0.15) is 24.1 Å². The van der Waals surface area contributed by atoms with Crippen molar-refractivity contribution in [3.8, 4) is 5.88 Å². The fourth-order valence-corrected chi connectivity index (χ4v) is 3.00. The minimum Gasteiger partial charge on any atom is -0.476 e. The van der Waals surface area contributed by atoms with Crippen molar-refractivity contribution < 1.29 is 17.5 Å². The van der Waals surface area contributed by atoms with Crippen molar-refractivity contribution in [3.05, 3.63) is 59.5 Å². The number of benzene rings is 1. The summed E-state index contributed by atoms with van der Waals surface area (Å²) in [5.74, 6) is -0.00473. The highest BCUT2D eigenvalue weighted by atomic mass is 32.2. The molecule has 1 aromatic carbocycles. The van der Waals surface area contributed by atoms with Crippen LogP contribution >= 0.6 is 0 Å². The Bertz CT molecular complexity index is 765. The molecule has 1 heterocycles. The lowest BCUT2D eigenvalue weighted by atomic mass is 10.1. The summed E-state index contributed by atoms with van der Waals surface area (Å²) in [6, 6.07) is 10.2. The molecule has 0 saturated heterocycles. The average molecular weight is 367 g/mol. The maximum Gasteiger partial charge on any atom is 0.213 e. The number of rotatable bonds is 9. The molecular weight excluding hydrogens is 345 g/mol. The fourth-order valence-electron chi connectivity index (χ4n) is 2.22. The average Bonchev–Trinajstić information content (AvgIpc) is 2.55. The molecule has 0 spiro atoms. The molecule has 0 unspecified atom stereocenters. The Hall–Kier alpha value is -2.03. The molecule has 0 bridgehead atoms. The standard InChI is InChI=1S/C17H22FN3O3S/c1-13(21-25(2,22)23)15-5-3-14(4-6-15)11-19-9-10-24-17-8-7-16(18)12-20-17/h3-8,12-13,19,21H,9-11H2,1-2H3/t13-/m1/s1. The lowest BCUT2D eigenvalue weighted by Gasteiger charge is -2.13. The summed E-state index contributed by atoms with van der Waals surface area (Å²) in [4.78, 5) is 3.81. The molecule has 0 aliphatic rings. The monoisotopic (exact) mass is 367 g/mol. The minimum atomic E-state index is -3.23. The first-order valence-electron chi connectivity index (χ1n) is 7.85. The minimum absolute atomic E-state index is 0.270. The van der Waals surface area contributed by atoms with Gasteiger partial charge in [0.05, 0.1) is 12.5 Å². The molecule has 0 fully saturated rings. The molecule has 136 valence electrons. The van der Waals surface area contributed by atoms with Crippen molar-refractivity contribution in [1.29, 1.82) is 0 Å². The molecule has 2 aromatic rings. The van der Waals surface area contributed by atoms with Crippen molar-refractivity contribution in [2.24, 2.45) is 0 Å². The molecule has 0 amide bonds. The van der Waals surface area contributed by atoms with Crippen LogP contribution in [0.15, 0.2) is 42.6 Å². The van der Waals surface area contributed by atoms with Gasteiger partial charge >= 0.3 is 0 Å². The van der Waals surface area contributed by atoms with Crippen LogP contribution in [0.5, 0.6) is 5.88 Å². The highest BCUT2D eigenvalue weighted by Crippen LogP contribution is 2.14. The quantitative estimate of drug-likeness (QED) is 0.663. The molecule has 8 heteroatoms. The first kappa shape index (κ1) is 19.3. The lowest BCUT2D eigenvalue weighted by Crippen LogP contribution is -2.25. The normalized spacial score (nSPS) is 12.8. The summed E-state index contributed by atoms with van der Waals surface area (Å²) in [6.45, 7) is 3.50. The van der Waals surface area contributed by atoms with E-state index in [9.17, 15) is 12.8 Å². The number of sulfonamides is 1. The van der Waals surface area contributed by atoms with Gasteiger partial charge in [-0.3, -0.25) is 0 Å². The number of halogens is 1. The van der Waals surface area contributed by atoms with Gasteiger partial charge < -0.3 is 10.1 Å². The predicted molar refractivity (Wildman–Crippen MR) is 94.2 cm³/mol. The molecule has 2 rings (SSSR count). The van der Waals surface area contributed by atoms with E-state index in [-0.39, 0.29) is 6.04 Å². The predicted octanol–water partition coefficient (Wildman–Crippen LogP) is 2.00. The van der Waals surface area contributed by atoms with Gasteiger partial charge in [0, 0.05) is 25.2 Å². The third-order valence-corrected chi connectivity index (χ3v) is 4.21. The Balaban J connectivity index is 1.71. The Kier molecular flexibility index (Phi) is 6.86. The zero-order chi connectivity index (χ0) is 18.3. The van der Waals surface area contributed by atoms with Gasteiger partial charge in [0.1, 0.15) is 12.4 Å². The number of hydrogen-bond donors (Lipinski definition) is 2. The van der Waals surface area contributed by atoms with Crippen LogP contribution in [-0.2, 0) is 16.6 Å². The molecule has 6 nitrogen and oxygen atoms in total. The third-order valence-electron chi connectivity index (χ3n) is 3.43. The van der Waals surface area contributed by atoms with Crippen molar-refractivity contribution in [2.75, 3.05) is 19.4 Å². The molecule has 1 aromatic heterocycles. The van der Waals surface area contributed by atoms with E-state index < -0.39 is 15.8 Å². The van der Waals surface area contributed by atoms with E-state index in [4.69, 9.17) is 4.74 Å². The molecule has 0 aliphatic heterocycles. The lowest BCUT2D eigenvalue weighted by molar-refractivity contribution is 0.301. The molecule has 0 aliphatic carbocycles. The van der Waals surface area contributed by atoms with E-state index in [1.807, 2.05) is 24.3 Å². The van der Waals surface area contributed by atoms with Crippen molar-refractivity contribution in [2.45, 2.75) is 19.5 Å². The van der Waals surface area contributed by atoms with Gasteiger partial charge in [-0.05, 0) is 24.1 Å². The van der Waals surface area contributed by atoms with Gasteiger partial charge in [-0.1, -0.05) is 24.3 Å². The van der Waals surface area contributed by atoms with E-state index in [2.05, 4.69) is 15.0 Å². The van der Waals surface area contributed by atoms with Crippen molar-refractivity contribution >= 4 is 10.0 Å². The van der Waals surface area contributed by atoms with Crippen LogP contribution in [-0.4, -0.2) is 32.8 Å². The van der Waals surface area contributed by atoms with Gasteiger partial charge in [0.15, 0.2) is 0 Å². The first-order chi connectivity index (χ1) is 11.8. The molecule has 2 N–H and O–H groups in total. The fraction of sp³-hybridized carbons (Fsp3) is 0.353. The van der Waals surface area contributed by atoms with E-state index >= 15 is 0 Å². The SMILES string of the molecule is C[C@@H](NS(C)(=O)=O)c1ccc(CNCCOc2ccc(F)cn2)cc1. The summed E-state index contributed by atoms with van der Waals surface area (Å²) in [7, 11) is -3.23. The molecule has 0 saturated carbocycles. The van der Waals surface area contributed by atoms with Gasteiger partial charge in [0.2, 0.25) is 15.9 Å².